The van der Waals surface area contributed by atoms with Crippen LogP contribution in [0.25, 0.3) is 22.0 Å². The number of hydrogen-bond donors (Lipinski definition) is 4. The smallest absolute Gasteiger partial charge is 0.276 e. The zero-order chi connectivity index (χ0) is 22.8. The van der Waals surface area contributed by atoms with Crippen LogP contribution >= 0.6 is 0 Å². The van der Waals surface area contributed by atoms with Gasteiger partial charge in [-0.05, 0) is 48.8 Å². The number of benzene rings is 1. The number of nitrogens with one attached hydrogen (secondary N) is 4. The van der Waals surface area contributed by atoms with Crippen molar-refractivity contribution in [1.82, 2.24) is 25.8 Å². The standard InChI is InChI=1S/C24H19N7O2/c25-9-14-1-5-18(12-26-10-14)28-24(33)22-20-8-16(4-6-21(20)30-31-22)17-7-19(13-27-11-17)29-23(32)15-2-3-15/h1,4-8,10-13,15,26H,2-3H2,(H,28,33)(H,29,32)(H,30,31). The van der Waals surface area contributed by atoms with Gasteiger partial charge in [-0.1, -0.05) is 6.07 Å². The van der Waals surface area contributed by atoms with E-state index in [1.165, 1.54) is 0 Å². The second kappa shape index (κ2) is 8.43. The largest absolute Gasteiger partial charge is 0.365 e. The Balaban J connectivity index is 1.39. The Morgan fingerprint density at radius 2 is 1.94 bits per heavy atom. The first-order valence-corrected chi connectivity index (χ1v) is 10.4. The van der Waals surface area contributed by atoms with Gasteiger partial charge in [0.1, 0.15) is 6.07 Å². The molecule has 1 aliphatic heterocycles. The van der Waals surface area contributed by atoms with Gasteiger partial charge in [-0.2, -0.15) is 10.4 Å². The second-order valence-corrected chi connectivity index (χ2v) is 7.82. The molecule has 0 atom stereocenters. The maximum atomic E-state index is 12.9. The molecule has 2 aromatic heterocycles. The van der Waals surface area contributed by atoms with Crippen molar-refractivity contribution in [2.45, 2.75) is 12.8 Å². The SMILES string of the molecule is N#CC1=CNC=C(NC(=O)c2n[nH]c3ccc(-c4cncc(NC(=O)C5CC5)c4)cc23)C=C1. The van der Waals surface area contributed by atoms with Gasteiger partial charge in [0.25, 0.3) is 5.91 Å². The van der Waals surface area contributed by atoms with E-state index >= 15 is 0 Å². The predicted octanol–water partition coefficient (Wildman–Crippen LogP) is 3.11. The highest BCUT2D eigenvalue weighted by atomic mass is 16.2. The van der Waals surface area contributed by atoms with Gasteiger partial charge in [0.05, 0.1) is 28.7 Å². The fourth-order valence-corrected chi connectivity index (χ4v) is 3.46. The van der Waals surface area contributed by atoms with Crippen molar-refractivity contribution in [1.29, 1.82) is 5.26 Å². The van der Waals surface area contributed by atoms with Gasteiger partial charge in [-0.25, -0.2) is 0 Å². The Kier molecular flexibility index (Phi) is 5.16. The van der Waals surface area contributed by atoms with Crippen LogP contribution in [0.4, 0.5) is 5.69 Å². The number of allylic oxidation sites excluding steroid dienone is 3. The van der Waals surface area contributed by atoms with Gasteiger partial charge in [0.2, 0.25) is 5.91 Å². The molecule has 0 spiro atoms. The van der Waals surface area contributed by atoms with E-state index in [9.17, 15) is 9.59 Å². The van der Waals surface area contributed by atoms with E-state index in [4.69, 9.17) is 5.26 Å². The van der Waals surface area contributed by atoms with Crippen molar-refractivity contribution in [2.75, 3.05) is 5.32 Å². The molecule has 3 heterocycles. The fraction of sp³-hybridized carbons (Fsp3) is 0.125. The fourth-order valence-electron chi connectivity index (χ4n) is 3.46. The number of carbonyl (C=O) groups is 2. The number of amides is 2. The first-order chi connectivity index (χ1) is 16.1. The number of pyridine rings is 1. The number of hydrogen-bond acceptors (Lipinski definition) is 6. The van der Waals surface area contributed by atoms with Crippen molar-refractivity contribution in [3.05, 3.63) is 78.2 Å². The minimum atomic E-state index is -0.389. The lowest BCUT2D eigenvalue weighted by molar-refractivity contribution is -0.117. The normalized spacial score (nSPS) is 15.0. The van der Waals surface area contributed by atoms with Crippen LogP contribution < -0.4 is 16.0 Å². The van der Waals surface area contributed by atoms with Gasteiger partial charge >= 0.3 is 0 Å². The molecule has 0 bridgehead atoms. The van der Waals surface area contributed by atoms with Crippen molar-refractivity contribution in [3.8, 4) is 17.2 Å². The molecule has 1 fully saturated rings. The quantitative estimate of drug-likeness (QED) is 0.484. The van der Waals surface area contributed by atoms with Gasteiger partial charge in [0, 0.05) is 35.5 Å². The highest BCUT2D eigenvalue weighted by Crippen LogP contribution is 2.31. The number of aromatic amines is 1. The van der Waals surface area contributed by atoms with Crippen LogP contribution in [0.15, 0.2) is 72.5 Å². The number of carbonyl (C=O) groups excluding carboxylic acids is 2. The third kappa shape index (κ3) is 4.36. The van der Waals surface area contributed by atoms with Crippen molar-refractivity contribution >= 4 is 28.4 Å². The van der Waals surface area contributed by atoms with E-state index in [2.05, 4.69) is 31.1 Å². The number of anilines is 1. The maximum Gasteiger partial charge on any atom is 0.276 e. The summed E-state index contributed by atoms with van der Waals surface area (Å²) in [5, 5.41) is 25.3. The average molecular weight is 437 g/mol. The summed E-state index contributed by atoms with van der Waals surface area (Å²) in [5.41, 5.74) is 4.18. The number of nitriles is 1. The van der Waals surface area contributed by atoms with Gasteiger partial charge in [-0.3, -0.25) is 19.7 Å². The van der Waals surface area contributed by atoms with Crippen LogP contribution in [-0.4, -0.2) is 27.0 Å². The average Bonchev–Trinajstić information content (AvgIpc) is 3.63. The molecule has 2 aliphatic rings. The van der Waals surface area contributed by atoms with Crippen molar-refractivity contribution in [2.24, 2.45) is 5.92 Å². The second-order valence-electron chi connectivity index (χ2n) is 7.82. The Hall–Kier alpha value is -4.71. The summed E-state index contributed by atoms with van der Waals surface area (Å²) in [5.74, 6) is -0.264. The molecule has 162 valence electrons. The minimum absolute atomic E-state index is 0.0200. The Morgan fingerprint density at radius 1 is 1.06 bits per heavy atom. The molecule has 1 saturated carbocycles. The van der Waals surface area contributed by atoms with E-state index < -0.39 is 0 Å². The first kappa shape index (κ1) is 20.2. The first-order valence-electron chi connectivity index (χ1n) is 10.4. The molecule has 1 aromatic carbocycles. The molecule has 9 nitrogen and oxygen atoms in total. The molecule has 2 amide bonds. The molecular formula is C24H19N7O2. The lowest BCUT2D eigenvalue weighted by Gasteiger charge is -2.07. The van der Waals surface area contributed by atoms with Gasteiger partial charge in [-0.15, -0.1) is 0 Å². The van der Waals surface area contributed by atoms with Crippen molar-refractivity contribution < 1.29 is 9.59 Å². The van der Waals surface area contributed by atoms with Gasteiger partial charge in [0.15, 0.2) is 5.69 Å². The number of rotatable bonds is 5. The maximum absolute atomic E-state index is 12.9. The number of fused-ring (bicyclic) bond motifs is 1. The monoisotopic (exact) mass is 437 g/mol. The lowest BCUT2D eigenvalue weighted by atomic mass is 10.0. The highest BCUT2D eigenvalue weighted by molar-refractivity contribution is 6.06. The summed E-state index contributed by atoms with van der Waals surface area (Å²) in [6.45, 7) is 0. The number of aromatic nitrogens is 3. The third-order valence-corrected chi connectivity index (χ3v) is 5.37. The van der Waals surface area contributed by atoms with Crippen LogP contribution in [0.5, 0.6) is 0 Å². The van der Waals surface area contributed by atoms with Crippen LogP contribution in [0, 0.1) is 17.2 Å². The molecule has 0 unspecified atom stereocenters. The molecule has 3 aromatic rings. The minimum Gasteiger partial charge on any atom is -0.365 e. The third-order valence-electron chi connectivity index (χ3n) is 5.37. The van der Waals surface area contributed by atoms with E-state index in [1.54, 1.807) is 36.9 Å². The number of nitrogens with zero attached hydrogens (tertiary/aromatic N) is 3. The molecule has 9 heteroatoms. The van der Waals surface area contributed by atoms with E-state index in [0.29, 0.717) is 27.9 Å². The molecule has 33 heavy (non-hydrogen) atoms. The molecule has 5 rings (SSSR count). The zero-order valence-electron chi connectivity index (χ0n) is 17.4. The zero-order valence-corrected chi connectivity index (χ0v) is 17.4. The van der Waals surface area contributed by atoms with E-state index in [-0.39, 0.29) is 23.4 Å². The molecule has 0 radical (unpaired) electrons. The summed E-state index contributed by atoms with van der Waals surface area (Å²) >= 11 is 0. The Bertz CT molecular complexity index is 1400. The highest BCUT2D eigenvalue weighted by Gasteiger charge is 2.29. The Morgan fingerprint density at radius 3 is 2.76 bits per heavy atom. The van der Waals surface area contributed by atoms with Crippen LogP contribution in [0.3, 0.4) is 0 Å². The van der Waals surface area contributed by atoms with Crippen LogP contribution in [-0.2, 0) is 4.79 Å². The summed E-state index contributed by atoms with van der Waals surface area (Å²) < 4.78 is 0. The molecular weight excluding hydrogens is 418 g/mol. The van der Waals surface area contributed by atoms with Crippen molar-refractivity contribution in [3.63, 3.8) is 0 Å². The van der Waals surface area contributed by atoms with Crippen LogP contribution in [0.2, 0.25) is 0 Å². The van der Waals surface area contributed by atoms with Gasteiger partial charge < -0.3 is 16.0 Å². The topological polar surface area (TPSA) is 136 Å². The summed E-state index contributed by atoms with van der Waals surface area (Å²) in [6, 6.07) is 9.51. The Labute approximate surface area is 188 Å². The summed E-state index contributed by atoms with van der Waals surface area (Å²) in [4.78, 5) is 29.2. The van der Waals surface area contributed by atoms with Crippen LogP contribution in [0.1, 0.15) is 23.3 Å². The van der Waals surface area contributed by atoms with E-state index in [1.807, 2.05) is 30.3 Å². The molecule has 4 N–H and O–H groups in total. The molecule has 0 saturated heterocycles. The van der Waals surface area contributed by atoms with E-state index in [0.717, 1.165) is 24.0 Å². The summed E-state index contributed by atoms with van der Waals surface area (Å²) in [6.07, 6.45) is 11.6. The lowest BCUT2D eigenvalue weighted by Crippen LogP contribution is -2.23. The number of H-pyrrole nitrogens is 1. The molecule has 1 aliphatic carbocycles. The summed E-state index contributed by atoms with van der Waals surface area (Å²) in [7, 11) is 0. The predicted molar refractivity (Wildman–Crippen MR) is 122 cm³/mol.